The highest BCUT2D eigenvalue weighted by atomic mass is 16.4. The first-order valence-electron chi connectivity index (χ1n) is 6.75. The summed E-state index contributed by atoms with van der Waals surface area (Å²) >= 11 is 0. The average molecular weight is 283 g/mol. The Bertz CT molecular complexity index is 895. The summed E-state index contributed by atoms with van der Waals surface area (Å²) in [5, 5.41) is 4.90. The fraction of sp³-hybridized carbons (Fsp3) is 0.267. The van der Waals surface area contributed by atoms with Crippen LogP contribution in [0.3, 0.4) is 0 Å². The standard InChI is InChI=1S/C15H16BN2O3/c1-7-4-13(19)21-14-9(3)15-11(5-10(7)14)8(2)12(20-15)6-18-16-17/h4-5,18H,6,17H2,1-3H3. The fourth-order valence-corrected chi connectivity index (χ4v) is 2.67. The van der Waals surface area contributed by atoms with Crippen molar-refractivity contribution in [2.45, 2.75) is 27.3 Å². The molecule has 3 rings (SSSR count). The van der Waals surface area contributed by atoms with Crippen molar-refractivity contribution in [3.63, 3.8) is 0 Å². The number of aryl methyl sites for hydroxylation is 3. The molecule has 0 unspecified atom stereocenters. The van der Waals surface area contributed by atoms with E-state index in [9.17, 15) is 4.79 Å². The van der Waals surface area contributed by atoms with Gasteiger partial charge in [0, 0.05) is 28.9 Å². The Morgan fingerprint density at radius 1 is 1.10 bits per heavy atom. The van der Waals surface area contributed by atoms with Crippen molar-refractivity contribution in [3.05, 3.63) is 45.0 Å². The minimum absolute atomic E-state index is 0.342. The predicted octanol–water partition coefficient (Wildman–Crippen LogP) is 2.05. The molecular weight excluding hydrogens is 267 g/mol. The number of benzene rings is 1. The van der Waals surface area contributed by atoms with Crippen LogP contribution in [0.1, 0.15) is 22.5 Å². The molecule has 3 aromatic rings. The summed E-state index contributed by atoms with van der Waals surface area (Å²) in [5.74, 6) is 0.824. The predicted molar refractivity (Wildman–Crippen MR) is 83.2 cm³/mol. The molecule has 0 fully saturated rings. The van der Waals surface area contributed by atoms with E-state index >= 15 is 0 Å². The average Bonchev–Trinajstić information content (AvgIpc) is 2.76. The first-order chi connectivity index (χ1) is 10.0. The molecule has 0 saturated carbocycles. The van der Waals surface area contributed by atoms with Gasteiger partial charge in [0.1, 0.15) is 16.9 Å². The van der Waals surface area contributed by atoms with E-state index in [0.29, 0.717) is 12.1 Å². The van der Waals surface area contributed by atoms with E-state index in [1.165, 1.54) is 13.6 Å². The second-order valence-corrected chi connectivity index (χ2v) is 5.20. The van der Waals surface area contributed by atoms with E-state index in [1.807, 2.05) is 26.8 Å². The van der Waals surface area contributed by atoms with Crippen LogP contribution < -0.4 is 16.5 Å². The van der Waals surface area contributed by atoms with E-state index in [-0.39, 0.29) is 5.63 Å². The zero-order chi connectivity index (χ0) is 15.1. The number of hydrogen-bond acceptors (Lipinski definition) is 5. The third-order valence-corrected chi connectivity index (χ3v) is 3.85. The van der Waals surface area contributed by atoms with Crippen molar-refractivity contribution in [2.24, 2.45) is 5.64 Å². The van der Waals surface area contributed by atoms with Gasteiger partial charge in [0.2, 0.25) is 0 Å². The minimum Gasteiger partial charge on any atom is -0.459 e. The Labute approximate surface area is 122 Å². The summed E-state index contributed by atoms with van der Waals surface area (Å²) in [6.07, 6.45) is 0. The summed E-state index contributed by atoms with van der Waals surface area (Å²) in [7, 11) is 1.39. The van der Waals surface area contributed by atoms with Crippen LogP contribution in [-0.4, -0.2) is 7.55 Å². The molecule has 0 aliphatic rings. The number of nitrogens with two attached hydrogens (primary N) is 1. The van der Waals surface area contributed by atoms with Gasteiger partial charge in [-0.1, -0.05) is 0 Å². The van der Waals surface area contributed by atoms with Gasteiger partial charge in [0.25, 0.3) is 0 Å². The maximum absolute atomic E-state index is 11.6. The van der Waals surface area contributed by atoms with Crippen LogP contribution in [0.2, 0.25) is 0 Å². The van der Waals surface area contributed by atoms with Crippen LogP contribution in [0.5, 0.6) is 0 Å². The van der Waals surface area contributed by atoms with E-state index in [2.05, 4.69) is 5.23 Å². The van der Waals surface area contributed by atoms with Gasteiger partial charge in [-0.05, 0) is 38.0 Å². The first kappa shape index (κ1) is 13.9. The minimum atomic E-state index is -0.342. The summed E-state index contributed by atoms with van der Waals surface area (Å²) < 4.78 is 11.3. The molecule has 21 heavy (non-hydrogen) atoms. The normalized spacial score (nSPS) is 11.4. The quantitative estimate of drug-likeness (QED) is 0.568. The Balaban J connectivity index is 2.36. The molecular formula is C15H16BN2O3. The van der Waals surface area contributed by atoms with Crippen LogP contribution in [0, 0.1) is 20.8 Å². The van der Waals surface area contributed by atoms with Crippen molar-refractivity contribution in [1.29, 1.82) is 0 Å². The molecule has 0 aliphatic carbocycles. The van der Waals surface area contributed by atoms with Crippen molar-refractivity contribution in [1.82, 2.24) is 5.23 Å². The summed E-state index contributed by atoms with van der Waals surface area (Å²) in [4.78, 5) is 11.6. The third-order valence-electron chi connectivity index (χ3n) is 3.85. The highest BCUT2D eigenvalue weighted by molar-refractivity contribution is 6.27. The highest BCUT2D eigenvalue weighted by Gasteiger charge is 2.16. The van der Waals surface area contributed by atoms with Gasteiger partial charge in [0.15, 0.2) is 0 Å². The largest absolute Gasteiger partial charge is 0.459 e. The number of fused-ring (bicyclic) bond motifs is 2. The lowest BCUT2D eigenvalue weighted by molar-refractivity contribution is 0.532. The lowest BCUT2D eigenvalue weighted by atomic mass is 10.0. The Kier molecular flexibility index (Phi) is 3.35. The molecule has 2 aromatic heterocycles. The second kappa shape index (κ2) is 5.05. The lowest BCUT2D eigenvalue weighted by Gasteiger charge is -2.04. The van der Waals surface area contributed by atoms with E-state index in [0.717, 1.165) is 38.8 Å². The third kappa shape index (κ3) is 2.16. The first-order valence-corrected chi connectivity index (χ1v) is 6.75. The molecule has 3 N–H and O–H groups in total. The monoisotopic (exact) mass is 283 g/mol. The van der Waals surface area contributed by atoms with Gasteiger partial charge in [0.05, 0.1) is 0 Å². The molecule has 0 saturated heterocycles. The van der Waals surface area contributed by atoms with Crippen molar-refractivity contribution >= 4 is 29.5 Å². The topological polar surface area (TPSA) is 81.4 Å². The van der Waals surface area contributed by atoms with Crippen LogP contribution in [-0.2, 0) is 6.54 Å². The van der Waals surface area contributed by atoms with Gasteiger partial charge in [-0.25, -0.2) is 4.79 Å². The van der Waals surface area contributed by atoms with Crippen molar-refractivity contribution in [2.75, 3.05) is 0 Å². The van der Waals surface area contributed by atoms with Gasteiger partial charge in [-0.2, -0.15) is 0 Å². The maximum Gasteiger partial charge on any atom is 0.336 e. The lowest BCUT2D eigenvalue weighted by Crippen LogP contribution is -2.26. The van der Waals surface area contributed by atoms with Gasteiger partial charge < -0.3 is 19.7 Å². The van der Waals surface area contributed by atoms with E-state index in [4.69, 9.17) is 14.5 Å². The van der Waals surface area contributed by atoms with Gasteiger partial charge in [-0.15, -0.1) is 0 Å². The Morgan fingerprint density at radius 2 is 1.81 bits per heavy atom. The van der Waals surface area contributed by atoms with Crippen molar-refractivity contribution in [3.8, 4) is 0 Å². The fourth-order valence-electron chi connectivity index (χ4n) is 2.67. The molecule has 107 valence electrons. The van der Waals surface area contributed by atoms with Crippen molar-refractivity contribution < 1.29 is 8.83 Å². The molecule has 0 atom stereocenters. The van der Waals surface area contributed by atoms with Crippen LogP contribution in [0.15, 0.2) is 25.8 Å². The van der Waals surface area contributed by atoms with Crippen LogP contribution in [0.25, 0.3) is 21.9 Å². The second-order valence-electron chi connectivity index (χ2n) is 5.20. The summed E-state index contributed by atoms with van der Waals surface area (Å²) in [6.45, 7) is 6.35. The van der Waals surface area contributed by atoms with E-state index < -0.39 is 0 Å². The molecule has 0 spiro atoms. The smallest absolute Gasteiger partial charge is 0.336 e. The SMILES string of the molecule is Cc1cc(=O)oc2c(C)c3oc(CN[B]N)c(C)c3cc12. The molecule has 6 heteroatoms. The van der Waals surface area contributed by atoms with Gasteiger partial charge in [-0.3, -0.25) is 0 Å². The Hall–Kier alpha value is -2.05. The van der Waals surface area contributed by atoms with E-state index in [1.54, 1.807) is 0 Å². The van der Waals surface area contributed by atoms with Crippen LogP contribution >= 0.6 is 0 Å². The molecule has 0 amide bonds. The van der Waals surface area contributed by atoms with Gasteiger partial charge >= 0.3 is 13.2 Å². The molecule has 0 aliphatic heterocycles. The highest BCUT2D eigenvalue weighted by Crippen LogP contribution is 2.33. The summed E-state index contributed by atoms with van der Waals surface area (Å²) in [6, 6.07) is 3.53. The summed E-state index contributed by atoms with van der Waals surface area (Å²) in [5.41, 5.74) is 9.15. The molecule has 1 aromatic carbocycles. The number of nitrogens with one attached hydrogen (secondary N) is 1. The maximum atomic E-state index is 11.6. The zero-order valence-electron chi connectivity index (χ0n) is 12.2. The number of rotatable bonds is 3. The molecule has 5 nitrogen and oxygen atoms in total. The number of hydrogen-bond donors (Lipinski definition) is 2. The zero-order valence-corrected chi connectivity index (χ0v) is 12.2. The molecule has 0 bridgehead atoms. The van der Waals surface area contributed by atoms with Crippen LogP contribution in [0.4, 0.5) is 0 Å². The molecule has 2 heterocycles. The number of furan rings is 1. The molecule has 1 radical (unpaired) electrons. The Morgan fingerprint density at radius 3 is 2.52 bits per heavy atom.